The molecule has 1 N–H and O–H groups in total. The molecule has 0 saturated carbocycles. The minimum absolute atomic E-state index is 0.00448. The summed E-state index contributed by atoms with van der Waals surface area (Å²) < 4.78 is 39.4. The predicted molar refractivity (Wildman–Crippen MR) is 79.8 cm³/mol. The smallest absolute Gasteiger partial charge is 0.393 e. The van der Waals surface area contributed by atoms with Gasteiger partial charge in [-0.15, -0.1) is 0 Å². The number of aliphatic hydroxyl groups excluding tert-OH is 1. The van der Waals surface area contributed by atoms with Gasteiger partial charge in [-0.2, -0.15) is 13.2 Å². The van der Waals surface area contributed by atoms with E-state index < -0.39 is 23.9 Å². The first kappa shape index (κ1) is 18.5. The van der Waals surface area contributed by atoms with Gasteiger partial charge < -0.3 is 14.9 Å². The van der Waals surface area contributed by atoms with Crippen LogP contribution in [0.1, 0.15) is 13.8 Å². The fourth-order valence-electron chi connectivity index (χ4n) is 3.45. The lowest BCUT2D eigenvalue weighted by Gasteiger charge is -2.43. The van der Waals surface area contributed by atoms with Gasteiger partial charge in [0.05, 0.1) is 18.4 Å². The zero-order valence-corrected chi connectivity index (χ0v) is 13.9. The molecule has 2 aliphatic heterocycles. The molecule has 0 aromatic heterocycles. The van der Waals surface area contributed by atoms with Crippen LogP contribution < -0.4 is 0 Å². The largest absolute Gasteiger partial charge is 0.394 e. The number of halogens is 3. The number of aliphatic hydroxyl groups is 1. The first-order chi connectivity index (χ1) is 10.6. The summed E-state index contributed by atoms with van der Waals surface area (Å²) in [6.07, 6.45) is -4.34. The molecule has 1 amide bonds. The Morgan fingerprint density at radius 2 is 1.70 bits per heavy atom. The van der Waals surface area contributed by atoms with Crippen molar-refractivity contribution in [2.75, 3.05) is 52.9 Å². The Balaban J connectivity index is 1.99. The zero-order valence-electron chi connectivity index (χ0n) is 13.9. The van der Waals surface area contributed by atoms with Crippen molar-refractivity contribution in [3.05, 3.63) is 0 Å². The molecule has 2 heterocycles. The highest BCUT2D eigenvalue weighted by Crippen LogP contribution is 2.38. The molecule has 23 heavy (non-hydrogen) atoms. The molecule has 0 aromatic carbocycles. The Kier molecular flexibility index (Phi) is 5.27. The second-order valence-corrected chi connectivity index (χ2v) is 7.26. The van der Waals surface area contributed by atoms with Gasteiger partial charge in [0, 0.05) is 44.8 Å². The average Bonchev–Trinajstić information content (AvgIpc) is 2.89. The quantitative estimate of drug-likeness (QED) is 0.821. The molecule has 2 saturated heterocycles. The van der Waals surface area contributed by atoms with Gasteiger partial charge in [0.1, 0.15) is 0 Å². The number of amides is 1. The van der Waals surface area contributed by atoms with E-state index in [0.29, 0.717) is 26.2 Å². The fraction of sp³-hybridized carbons (Fsp3) is 0.933. The maximum absolute atomic E-state index is 13.1. The molecule has 2 atom stereocenters. The van der Waals surface area contributed by atoms with Crippen LogP contribution in [0.25, 0.3) is 0 Å². The minimum Gasteiger partial charge on any atom is -0.394 e. The van der Waals surface area contributed by atoms with E-state index in [1.807, 2.05) is 13.8 Å². The van der Waals surface area contributed by atoms with Crippen LogP contribution in [0.3, 0.4) is 0 Å². The molecule has 0 aromatic rings. The fourth-order valence-corrected chi connectivity index (χ4v) is 3.45. The van der Waals surface area contributed by atoms with Crippen molar-refractivity contribution in [1.29, 1.82) is 0 Å². The Morgan fingerprint density at radius 1 is 1.13 bits per heavy atom. The van der Waals surface area contributed by atoms with E-state index in [0.717, 1.165) is 0 Å². The van der Waals surface area contributed by atoms with E-state index >= 15 is 0 Å². The van der Waals surface area contributed by atoms with Crippen LogP contribution >= 0.6 is 0 Å². The molecular weight excluding hydrogens is 311 g/mol. The number of nitrogens with zero attached hydrogens (tertiary/aromatic N) is 3. The number of carbonyl (C=O) groups is 1. The average molecular weight is 337 g/mol. The van der Waals surface area contributed by atoms with Crippen molar-refractivity contribution in [2.24, 2.45) is 11.8 Å². The molecule has 8 heteroatoms. The molecule has 2 rings (SSSR count). The molecule has 2 unspecified atom stereocenters. The number of hydrogen-bond acceptors (Lipinski definition) is 4. The van der Waals surface area contributed by atoms with Gasteiger partial charge in [-0.3, -0.25) is 9.69 Å². The Morgan fingerprint density at radius 3 is 2.17 bits per heavy atom. The standard InChI is InChI=1S/C15H26F3N3O2/c1-14(2,10-22)21-6-4-20(5-7-21)13(23)11-8-19(3)9-12(11)15(16,17)18/h11-12,22H,4-10H2,1-3H3. The summed E-state index contributed by atoms with van der Waals surface area (Å²) in [6.45, 7) is 5.83. The van der Waals surface area contributed by atoms with Crippen molar-refractivity contribution in [3.63, 3.8) is 0 Å². The SMILES string of the molecule is CN1CC(C(=O)N2CCN(C(C)(C)CO)CC2)C(C(F)(F)F)C1. The molecular formula is C15H26F3N3O2. The van der Waals surface area contributed by atoms with Crippen LogP contribution in [-0.2, 0) is 4.79 Å². The molecule has 5 nitrogen and oxygen atoms in total. The number of alkyl halides is 3. The van der Waals surface area contributed by atoms with E-state index in [-0.39, 0.29) is 25.2 Å². The van der Waals surface area contributed by atoms with Gasteiger partial charge in [-0.25, -0.2) is 0 Å². The van der Waals surface area contributed by atoms with Crippen LogP contribution in [0.2, 0.25) is 0 Å². The highest BCUT2D eigenvalue weighted by atomic mass is 19.4. The monoisotopic (exact) mass is 337 g/mol. The summed E-state index contributed by atoms with van der Waals surface area (Å²) in [5.74, 6) is -2.97. The van der Waals surface area contributed by atoms with E-state index in [1.165, 1.54) is 0 Å². The van der Waals surface area contributed by atoms with Crippen LogP contribution in [0.15, 0.2) is 0 Å². The number of likely N-dealkylation sites (tertiary alicyclic amines) is 1. The number of hydrogen-bond donors (Lipinski definition) is 1. The minimum atomic E-state index is -4.34. The van der Waals surface area contributed by atoms with Gasteiger partial charge in [-0.05, 0) is 20.9 Å². The normalized spacial score (nSPS) is 28.4. The number of rotatable bonds is 3. The van der Waals surface area contributed by atoms with Crippen LogP contribution in [-0.4, -0.2) is 90.4 Å². The lowest BCUT2D eigenvalue weighted by Crippen LogP contribution is -2.58. The molecule has 2 aliphatic rings. The number of carbonyl (C=O) groups excluding carboxylic acids is 1. The first-order valence-electron chi connectivity index (χ1n) is 7.96. The zero-order chi connectivity index (χ0) is 17.4. The second kappa shape index (κ2) is 6.57. The summed E-state index contributed by atoms with van der Waals surface area (Å²) in [6, 6.07) is 0. The lowest BCUT2D eigenvalue weighted by molar-refractivity contribution is -0.186. The highest BCUT2D eigenvalue weighted by Gasteiger charge is 2.52. The third-order valence-corrected chi connectivity index (χ3v) is 5.07. The Bertz CT molecular complexity index is 434. The first-order valence-corrected chi connectivity index (χ1v) is 7.96. The summed E-state index contributed by atoms with van der Waals surface area (Å²) in [7, 11) is 1.62. The Labute approximate surface area is 135 Å². The van der Waals surface area contributed by atoms with Crippen molar-refractivity contribution in [2.45, 2.75) is 25.6 Å². The third kappa shape index (κ3) is 3.97. The summed E-state index contributed by atoms with van der Waals surface area (Å²) in [4.78, 5) is 17.8. The molecule has 0 spiro atoms. The predicted octanol–water partition coefficient (Wildman–Crippen LogP) is 0.642. The van der Waals surface area contributed by atoms with Gasteiger partial charge in [-0.1, -0.05) is 0 Å². The molecule has 0 bridgehead atoms. The molecule has 0 radical (unpaired) electrons. The van der Waals surface area contributed by atoms with Crippen molar-refractivity contribution < 1.29 is 23.1 Å². The molecule has 0 aliphatic carbocycles. The Hall–Kier alpha value is -0.860. The van der Waals surface area contributed by atoms with E-state index in [1.54, 1.807) is 16.8 Å². The molecule has 2 fully saturated rings. The van der Waals surface area contributed by atoms with Crippen LogP contribution in [0.4, 0.5) is 13.2 Å². The number of piperazine rings is 1. The van der Waals surface area contributed by atoms with Crippen molar-refractivity contribution in [3.8, 4) is 0 Å². The van der Waals surface area contributed by atoms with E-state index in [9.17, 15) is 23.1 Å². The van der Waals surface area contributed by atoms with E-state index in [4.69, 9.17) is 0 Å². The van der Waals surface area contributed by atoms with Gasteiger partial charge in [0.2, 0.25) is 5.91 Å². The van der Waals surface area contributed by atoms with Crippen molar-refractivity contribution in [1.82, 2.24) is 14.7 Å². The van der Waals surface area contributed by atoms with Crippen molar-refractivity contribution >= 4 is 5.91 Å². The molecule has 134 valence electrons. The summed E-state index contributed by atoms with van der Waals surface area (Å²) >= 11 is 0. The highest BCUT2D eigenvalue weighted by molar-refractivity contribution is 5.80. The van der Waals surface area contributed by atoms with E-state index in [2.05, 4.69) is 4.90 Å². The second-order valence-electron chi connectivity index (χ2n) is 7.26. The summed E-state index contributed by atoms with van der Waals surface area (Å²) in [5, 5.41) is 9.39. The third-order valence-electron chi connectivity index (χ3n) is 5.07. The maximum Gasteiger partial charge on any atom is 0.393 e. The topological polar surface area (TPSA) is 47.0 Å². The maximum atomic E-state index is 13.1. The van der Waals surface area contributed by atoms with Gasteiger partial charge >= 0.3 is 6.18 Å². The summed E-state index contributed by atoms with van der Waals surface area (Å²) in [5.41, 5.74) is -0.378. The van der Waals surface area contributed by atoms with Gasteiger partial charge in [0.25, 0.3) is 0 Å². The van der Waals surface area contributed by atoms with Crippen LogP contribution in [0.5, 0.6) is 0 Å². The van der Waals surface area contributed by atoms with Gasteiger partial charge in [0.15, 0.2) is 0 Å². The lowest BCUT2D eigenvalue weighted by atomic mass is 9.93. The van der Waals surface area contributed by atoms with Crippen LogP contribution in [0, 0.1) is 11.8 Å².